The van der Waals surface area contributed by atoms with Crippen LogP contribution in [0, 0.1) is 6.92 Å². The minimum atomic E-state index is -0.168. The Kier molecular flexibility index (Phi) is 6.63. The fourth-order valence-corrected chi connectivity index (χ4v) is 1.57. The van der Waals surface area contributed by atoms with Crippen LogP contribution in [0.4, 0.5) is 5.82 Å². The van der Waals surface area contributed by atoms with Crippen LogP contribution in [0.3, 0.4) is 0 Å². The van der Waals surface area contributed by atoms with Crippen LogP contribution in [0.25, 0.3) is 0 Å². The molecule has 0 fully saturated rings. The van der Waals surface area contributed by atoms with Crippen molar-refractivity contribution in [2.75, 3.05) is 25.1 Å². The summed E-state index contributed by atoms with van der Waals surface area (Å²) in [5.41, 5.74) is 0.875. The van der Waals surface area contributed by atoms with Gasteiger partial charge in [-0.1, -0.05) is 0 Å². The van der Waals surface area contributed by atoms with Crippen molar-refractivity contribution in [2.45, 2.75) is 33.6 Å². The molecule has 0 aromatic carbocycles. The zero-order chi connectivity index (χ0) is 14.1. The monoisotopic (exact) mass is 267 g/mol. The first-order chi connectivity index (χ1) is 9.19. The number of carbonyl (C=O) groups excluding carboxylic acids is 1. The van der Waals surface area contributed by atoms with E-state index >= 15 is 0 Å². The lowest BCUT2D eigenvalue weighted by Gasteiger charge is -2.11. The van der Waals surface area contributed by atoms with Crippen molar-refractivity contribution in [1.82, 2.24) is 9.97 Å². The van der Waals surface area contributed by atoms with E-state index in [0.29, 0.717) is 38.5 Å². The van der Waals surface area contributed by atoms with Gasteiger partial charge in [0.25, 0.3) is 0 Å². The number of nitrogens with one attached hydrogen (secondary N) is 1. The highest BCUT2D eigenvalue weighted by molar-refractivity contribution is 5.69. The number of carbonyl (C=O) groups is 1. The van der Waals surface area contributed by atoms with E-state index in [-0.39, 0.29) is 5.97 Å². The fraction of sp³-hybridized carbons (Fsp3) is 0.615. The molecule has 0 amide bonds. The van der Waals surface area contributed by atoms with Crippen LogP contribution in [-0.4, -0.2) is 35.7 Å². The maximum Gasteiger partial charge on any atom is 0.305 e. The first-order valence-corrected chi connectivity index (χ1v) is 6.52. The molecule has 6 heteroatoms. The summed E-state index contributed by atoms with van der Waals surface area (Å²) in [6, 6.07) is 0. The molecular formula is C13H21N3O3. The van der Waals surface area contributed by atoms with Gasteiger partial charge in [-0.2, -0.15) is 0 Å². The Balaban J connectivity index is 2.41. The predicted octanol–water partition coefficient (Wildman–Crippen LogP) is 1.94. The maximum atomic E-state index is 11.2. The zero-order valence-corrected chi connectivity index (χ0v) is 11.7. The van der Waals surface area contributed by atoms with Crippen LogP contribution in [0.5, 0.6) is 5.88 Å². The van der Waals surface area contributed by atoms with Crippen molar-refractivity contribution >= 4 is 11.8 Å². The van der Waals surface area contributed by atoms with Crippen LogP contribution in [-0.2, 0) is 9.53 Å². The van der Waals surface area contributed by atoms with Gasteiger partial charge >= 0.3 is 5.97 Å². The zero-order valence-electron chi connectivity index (χ0n) is 11.7. The number of hydrogen-bond donors (Lipinski definition) is 1. The van der Waals surface area contributed by atoms with Crippen molar-refractivity contribution < 1.29 is 14.3 Å². The highest BCUT2D eigenvalue weighted by Crippen LogP contribution is 2.20. The lowest BCUT2D eigenvalue weighted by atomic mass is 10.3. The Labute approximate surface area is 113 Å². The van der Waals surface area contributed by atoms with Gasteiger partial charge in [0.05, 0.1) is 18.8 Å². The number of ether oxygens (including phenoxy) is 2. The maximum absolute atomic E-state index is 11.2. The van der Waals surface area contributed by atoms with Crippen molar-refractivity contribution in [1.29, 1.82) is 0 Å². The summed E-state index contributed by atoms with van der Waals surface area (Å²) < 4.78 is 10.2. The third-order valence-corrected chi connectivity index (χ3v) is 2.47. The lowest BCUT2D eigenvalue weighted by molar-refractivity contribution is -0.143. The van der Waals surface area contributed by atoms with E-state index in [1.165, 1.54) is 6.33 Å². The Morgan fingerprint density at radius 2 is 2.11 bits per heavy atom. The summed E-state index contributed by atoms with van der Waals surface area (Å²) in [4.78, 5) is 19.4. The third kappa shape index (κ3) is 5.11. The average molecular weight is 267 g/mol. The van der Waals surface area contributed by atoms with E-state index in [9.17, 15) is 4.79 Å². The summed E-state index contributed by atoms with van der Waals surface area (Å²) in [5, 5.41) is 3.17. The number of aromatic nitrogens is 2. The second-order valence-corrected chi connectivity index (χ2v) is 3.92. The highest BCUT2D eigenvalue weighted by atomic mass is 16.5. The number of nitrogens with zero attached hydrogens (tertiary/aromatic N) is 2. The van der Waals surface area contributed by atoms with Crippen molar-refractivity contribution in [2.24, 2.45) is 0 Å². The summed E-state index contributed by atoms with van der Waals surface area (Å²) in [6.45, 7) is 7.26. The molecule has 0 radical (unpaired) electrons. The molecule has 1 heterocycles. The van der Waals surface area contributed by atoms with E-state index in [4.69, 9.17) is 9.47 Å². The van der Waals surface area contributed by atoms with Crippen LogP contribution in [0.1, 0.15) is 32.3 Å². The summed E-state index contributed by atoms with van der Waals surface area (Å²) in [5.74, 6) is 1.16. The average Bonchev–Trinajstić information content (AvgIpc) is 2.39. The molecule has 0 aliphatic rings. The standard InChI is InChI=1S/C13H21N3O3/c1-4-18-11(17)7-6-8-14-12-10(3)13(19-5-2)16-9-15-12/h9H,4-8H2,1-3H3,(H,14,15,16). The van der Waals surface area contributed by atoms with Gasteiger partial charge in [-0.3, -0.25) is 4.79 Å². The van der Waals surface area contributed by atoms with Crippen LogP contribution in [0.15, 0.2) is 6.33 Å². The normalized spacial score (nSPS) is 10.1. The first kappa shape index (κ1) is 15.2. The smallest absolute Gasteiger partial charge is 0.305 e. The number of rotatable bonds is 8. The van der Waals surface area contributed by atoms with Crippen LogP contribution in [0.2, 0.25) is 0 Å². The summed E-state index contributed by atoms with van der Waals surface area (Å²) in [6.07, 6.45) is 2.57. The Morgan fingerprint density at radius 1 is 1.32 bits per heavy atom. The van der Waals surface area contributed by atoms with Gasteiger partial charge < -0.3 is 14.8 Å². The van der Waals surface area contributed by atoms with Crippen molar-refractivity contribution in [3.8, 4) is 5.88 Å². The van der Waals surface area contributed by atoms with Gasteiger partial charge in [-0.15, -0.1) is 0 Å². The van der Waals surface area contributed by atoms with Crippen molar-refractivity contribution in [3.05, 3.63) is 11.9 Å². The van der Waals surface area contributed by atoms with Gasteiger partial charge in [0.1, 0.15) is 12.1 Å². The van der Waals surface area contributed by atoms with Crippen LogP contribution < -0.4 is 10.1 Å². The summed E-state index contributed by atoms with van der Waals surface area (Å²) in [7, 11) is 0. The molecule has 0 unspecified atom stereocenters. The second kappa shape index (κ2) is 8.29. The largest absolute Gasteiger partial charge is 0.478 e. The Hall–Kier alpha value is -1.85. The molecule has 0 atom stereocenters. The Morgan fingerprint density at radius 3 is 2.79 bits per heavy atom. The highest BCUT2D eigenvalue weighted by Gasteiger charge is 2.07. The Bertz CT molecular complexity index is 410. The number of anilines is 1. The number of hydrogen-bond acceptors (Lipinski definition) is 6. The van der Waals surface area contributed by atoms with Gasteiger partial charge in [0.15, 0.2) is 0 Å². The SMILES string of the molecule is CCOC(=O)CCCNc1ncnc(OCC)c1C. The quantitative estimate of drug-likeness (QED) is 0.573. The van der Waals surface area contributed by atoms with E-state index in [1.807, 2.05) is 13.8 Å². The molecule has 1 aromatic rings. The van der Waals surface area contributed by atoms with Gasteiger partial charge in [0.2, 0.25) is 5.88 Å². The molecule has 1 aromatic heterocycles. The molecular weight excluding hydrogens is 246 g/mol. The lowest BCUT2D eigenvalue weighted by Crippen LogP contribution is -2.10. The van der Waals surface area contributed by atoms with Crippen molar-refractivity contribution in [3.63, 3.8) is 0 Å². The molecule has 19 heavy (non-hydrogen) atoms. The molecule has 0 aliphatic carbocycles. The molecule has 0 spiro atoms. The minimum Gasteiger partial charge on any atom is -0.478 e. The first-order valence-electron chi connectivity index (χ1n) is 6.52. The topological polar surface area (TPSA) is 73.3 Å². The van der Waals surface area contributed by atoms with Gasteiger partial charge in [0, 0.05) is 13.0 Å². The molecule has 0 bridgehead atoms. The van der Waals surface area contributed by atoms with E-state index < -0.39 is 0 Å². The number of esters is 1. The molecule has 0 saturated heterocycles. The van der Waals surface area contributed by atoms with Crippen LogP contribution >= 0.6 is 0 Å². The molecule has 0 saturated carbocycles. The molecule has 1 N–H and O–H groups in total. The summed E-state index contributed by atoms with van der Waals surface area (Å²) >= 11 is 0. The third-order valence-electron chi connectivity index (χ3n) is 2.47. The molecule has 1 rings (SSSR count). The van der Waals surface area contributed by atoms with E-state index in [2.05, 4.69) is 15.3 Å². The predicted molar refractivity (Wildman–Crippen MR) is 72.3 cm³/mol. The molecule has 6 nitrogen and oxygen atoms in total. The van der Waals surface area contributed by atoms with Gasteiger partial charge in [-0.25, -0.2) is 9.97 Å². The van der Waals surface area contributed by atoms with E-state index in [0.717, 1.165) is 11.4 Å². The second-order valence-electron chi connectivity index (χ2n) is 3.92. The fourth-order valence-electron chi connectivity index (χ4n) is 1.57. The van der Waals surface area contributed by atoms with Gasteiger partial charge in [-0.05, 0) is 27.2 Å². The molecule has 0 aliphatic heterocycles. The molecule has 106 valence electrons. The minimum absolute atomic E-state index is 0.168. The van der Waals surface area contributed by atoms with E-state index in [1.54, 1.807) is 6.92 Å².